The molecular formula is C48H44BBr2IN10O6. The minimum atomic E-state index is -0.524. The first kappa shape index (κ1) is 49.6. The maximum absolute atomic E-state index is 12.7. The van der Waals surface area contributed by atoms with E-state index in [1.54, 1.807) is 89.9 Å². The van der Waals surface area contributed by atoms with Gasteiger partial charge in [-0.25, -0.2) is 19.0 Å². The second kappa shape index (κ2) is 21.3. The van der Waals surface area contributed by atoms with Crippen LogP contribution in [0.1, 0.15) is 69.1 Å². The van der Waals surface area contributed by atoms with Gasteiger partial charge in [0.25, 0.3) is 23.6 Å². The lowest BCUT2D eigenvalue weighted by molar-refractivity contribution is 0.00578. The van der Waals surface area contributed by atoms with E-state index in [-0.39, 0.29) is 23.6 Å². The van der Waals surface area contributed by atoms with Gasteiger partial charge in [-0.2, -0.15) is 10.2 Å². The molecule has 4 amide bonds. The number of benzene rings is 4. The van der Waals surface area contributed by atoms with Crippen molar-refractivity contribution in [1.82, 2.24) is 39.8 Å². The van der Waals surface area contributed by atoms with Gasteiger partial charge < -0.3 is 30.6 Å². The molecule has 4 N–H and O–H groups in total. The molecule has 9 rings (SSSR count). The van der Waals surface area contributed by atoms with Crippen LogP contribution in [-0.2, 0) is 9.31 Å². The van der Waals surface area contributed by atoms with Crippen LogP contribution in [0.5, 0.6) is 0 Å². The fraction of sp³-hybridized carbons (Fsp3) is 0.167. The summed E-state index contributed by atoms with van der Waals surface area (Å²) in [6.45, 7) is 7.97. The Kier molecular flexibility index (Phi) is 15.5. The van der Waals surface area contributed by atoms with Crippen LogP contribution in [0, 0.1) is 3.57 Å². The van der Waals surface area contributed by atoms with E-state index < -0.39 is 18.3 Å². The highest BCUT2D eigenvalue weighted by molar-refractivity contribution is 14.1. The van der Waals surface area contributed by atoms with E-state index in [1.165, 1.54) is 12.7 Å². The Hall–Kier alpha value is -6.33. The summed E-state index contributed by atoms with van der Waals surface area (Å²) in [7, 11) is 2.62. The Balaban J connectivity index is 0.000000165. The summed E-state index contributed by atoms with van der Waals surface area (Å²) in [5, 5.41) is 19.0. The third kappa shape index (κ3) is 11.7. The number of hydrogen-bond donors (Lipinski definition) is 4. The zero-order valence-corrected chi connectivity index (χ0v) is 42.9. The first-order valence-corrected chi connectivity index (χ1v) is 23.6. The fourth-order valence-electron chi connectivity index (χ4n) is 6.65. The number of fused-ring (bicyclic) bond motifs is 2. The number of carbonyl (C=O) groups excluding carboxylic acids is 4. The van der Waals surface area contributed by atoms with Gasteiger partial charge in [0, 0.05) is 69.3 Å². The van der Waals surface area contributed by atoms with Gasteiger partial charge in [0.1, 0.15) is 12.7 Å². The molecule has 16 nitrogen and oxygen atoms in total. The van der Waals surface area contributed by atoms with Crippen LogP contribution in [-0.4, -0.2) is 85.2 Å². The van der Waals surface area contributed by atoms with Crippen molar-refractivity contribution in [3.63, 3.8) is 0 Å². The molecule has 0 atom stereocenters. The van der Waals surface area contributed by atoms with E-state index in [2.05, 4.69) is 95.9 Å². The first-order chi connectivity index (χ1) is 32.4. The Labute approximate surface area is 422 Å². The monoisotopic (exact) mass is 1150 g/mol. The van der Waals surface area contributed by atoms with E-state index in [9.17, 15) is 19.2 Å². The number of carbonyl (C=O) groups is 4. The molecule has 0 radical (unpaired) electrons. The predicted octanol–water partition coefficient (Wildman–Crippen LogP) is 8.46. The Morgan fingerprint density at radius 2 is 1.04 bits per heavy atom. The molecule has 0 aliphatic carbocycles. The molecule has 0 bridgehead atoms. The molecule has 68 heavy (non-hydrogen) atoms. The lowest BCUT2D eigenvalue weighted by Gasteiger charge is -2.32. The Morgan fingerprint density at radius 1 is 0.574 bits per heavy atom. The molecule has 0 saturated carbocycles. The van der Waals surface area contributed by atoms with Gasteiger partial charge in [-0.1, -0.05) is 24.3 Å². The quantitative estimate of drug-likeness (QED) is 0.0847. The number of aromatic nitrogens is 6. The summed E-state index contributed by atoms with van der Waals surface area (Å²) in [4.78, 5) is 56.8. The van der Waals surface area contributed by atoms with E-state index in [0.29, 0.717) is 33.6 Å². The van der Waals surface area contributed by atoms with Gasteiger partial charge in [0.15, 0.2) is 11.3 Å². The van der Waals surface area contributed by atoms with Crippen molar-refractivity contribution in [2.45, 2.75) is 38.9 Å². The Morgan fingerprint density at radius 3 is 1.56 bits per heavy atom. The maximum atomic E-state index is 12.7. The standard InChI is InChI=1S/C21H25BN2O4.C21H16BrN5O2.C6H3BrIN3/c1-20(2)21(3,4)28-22(27-20)16-8-6-7-15(13-16)19(26)24-17-11-9-14(10-12-17)18(25)23-5;1-23-20(28)13-5-7-17(8-6-13)26-21(29)15-4-2-3-14(9-15)16-10-18(22)19-24-12-25-27(19)11-16;7-5-1-4(8)2-11-6(5)9-3-10-11/h6-13H,1-5H3,(H,23,25)(H,24,26);2-12H,1H3,(H,23,28)(H,26,29);1-3H. The molecule has 8 aromatic rings. The lowest BCUT2D eigenvalue weighted by Crippen LogP contribution is -2.41. The van der Waals surface area contributed by atoms with E-state index in [4.69, 9.17) is 9.31 Å². The number of halogens is 3. The largest absolute Gasteiger partial charge is 0.494 e. The van der Waals surface area contributed by atoms with Gasteiger partial charge in [0.05, 0.1) is 20.1 Å². The molecule has 0 unspecified atom stereocenters. The fourth-order valence-corrected chi connectivity index (χ4v) is 8.71. The molecule has 0 spiro atoms. The summed E-state index contributed by atoms with van der Waals surface area (Å²) >= 11 is 9.14. The predicted molar refractivity (Wildman–Crippen MR) is 277 cm³/mol. The van der Waals surface area contributed by atoms with E-state index in [0.717, 1.165) is 40.4 Å². The van der Waals surface area contributed by atoms with Crippen molar-refractivity contribution in [3.8, 4) is 11.1 Å². The highest BCUT2D eigenvalue weighted by Crippen LogP contribution is 2.36. The molecule has 1 fully saturated rings. The highest BCUT2D eigenvalue weighted by atomic mass is 127. The second-order valence-electron chi connectivity index (χ2n) is 16.2. The van der Waals surface area contributed by atoms with Gasteiger partial charge in [0.2, 0.25) is 0 Å². The zero-order chi connectivity index (χ0) is 48.8. The van der Waals surface area contributed by atoms with Crippen LogP contribution in [0.3, 0.4) is 0 Å². The SMILES string of the molecule is Brc1cc(I)cn2ncnc12.CNC(=O)c1ccc(NC(=O)c2cccc(-c3cc(Br)c4ncnn4c3)c2)cc1.CNC(=O)c1ccc(NC(=O)c2cccc(B3OC(C)(C)C(C)(C)O3)c2)cc1. The van der Waals surface area contributed by atoms with Crippen molar-refractivity contribution in [1.29, 1.82) is 0 Å². The average molecular weight is 1150 g/mol. The molecule has 20 heteroatoms. The first-order valence-electron chi connectivity index (χ1n) is 20.9. The maximum Gasteiger partial charge on any atom is 0.494 e. The van der Waals surface area contributed by atoms with Crippen LogP contribution in [0.2, 0.25) is 0 Å². The van der Waals surface area contributed by atoms with Crippen molar-refractivity contribution in [2.24, 2.45) is 0 Å². The summed E-state index contributed by atoms with van der Waals surface area (Å²) < 4.78 is 18.5. The van der Waals surface area contributed by atoms with Gasteiger partial charge in [-0.15, -0.1) is 0 Å². The molecule has 4 aromatic carbocycles. The number of hydrogen-bond acceptors (Lipinski definition) is 10. The van der Waals surface area contributed by atoms with Crippen molar-refractivity contribution in [3.05, 3.63) is 169 Å². The summed E-state index contributed by atoms with van der Waals surface area (Å²) in [5.41, 5.74) is 6.57. The van der Waals surface area contributed by atoms with Crippen molar-refractivity contribution < 1.29 is 28.5 Å². The second-order valence-corrected chi connectivity index (χ2v) is 19.1. The van der Waals surface area contributed by atoms with Crippen LogP contribution in [0.25, 0.3) is 22.4 Å². The molecule has 5 heterocycles. The normalized spacial score (nSPS) is 13.4. The van der Waals surface area contributed by atoms with Crippen LogP contribution < -0.4 is 26.7 Å². The lowest BCUT2D eigenvalue weighted by atomic mass is 9.78. The van der Waals surface area contributed by atoms with Crippen LogP contribution >= 0.6 is 54.5 Å². The number of nitrogens with zero attached hydrogens (tertiary/aromatic N) is 6. The molecule has 4 aromatic heterocycles. The van der Waals surface area contributed by atoms with Crippen LogP contribution in [0.4, 0.5) is 11.4 Å². The third-order valence-corrected chi connectivity index (χ3v) is 12.8. The van der Waals surface area contributed by atoms with Crippen molar-refractivity contribution >= 4 is 113 Å². The van der Waals surface area contributed by atoms with E-state index >= 15 is 0 Å². The number of amides is 4. The van der Waals surface area contributed by atoms with E-state index in [1.807, 2.05) is 82.6 Å². The minimum Gasteiger partial charge on any atom is -0.399 e. The van der Waals surface area contributed by atoms with Crippen molar-refractivity contribution in [2.75, 3.05) is 24.7 Å². The van der Waals surface area contributed by atoms with Gasteiger partial charge in [-0.3, -0.25) is 19.2 Å². The smallest absolute Gasteiger partial charge is 0.399 e. The zero-order valence-electron chi connectivity index (χ0n) is 37.5. The summed E-state index contributed by atoms with van der Waals surface area (Å²) in [6.07, 6.45) is 6.81. The topological polar surface area (TPSA) is 195 Å². The summed E-state index contributed by atoms with van der Waals surface area (Å²) in [5.74, 6) is -0.828. The number of anilines is 2. The molecule has 1 aliphatic heterocycles. The molecule has 1 saturated heterocycles. The summed E-state index contributed by atoms with van der Waals surface area (Å²) in [6, 6.07) is 31.9. The average Bonchev–Trinajstić information content (AvgIpc) is 4.07. The molecular weight excluding hydrogens is 1110 g/mol. The number of nitrogens with one attached hydrogen (secondary N) is 4. The molecule has 346 valence electrons. The van der Waals surface area contributed by atoms with Gasteiger partial charge in [-0.05, 0) is 178 Å². The minimum absolute atomic E-state index is 0.173. The van der Waals surface area contributed by atoms with Crippen LogP contribution in [0.15, 0.2) is 143 Å². The Bertz CT molecular complexity index is 3130. The highest BCUT2D eigenvalue weighted by Gasteiger charge is 2.51. The molecule has 1 aliphatic rings. The van der Waals surface area contributed by atoms with Gasteiger partial charge >= 0.3 is 7.12 Å². The number of pyridine rings is 2. The number of rotatable bonds is 8. The third-order valence-electron chi connectivity index (χ3n) is 11.0.